The Labute approximate surface area is 148 Å². The fourth-order valence-corrected chi connectivity index (χ4v) is 5.11. The standard InChI is InChI=1S/C18H27N5O2/c1-12-5-14(6-12)18(25)21-4-3-17-15(8-21)7-16(23(17)13(2)24)9-22-11-19-10-20-22/h10-12,14-17H,3-9H2,1-2H3/t12?,14?,15-,16+,17+/m1/s1. The minimum absolute atomic E-state index is 0.130. The number of carbonyl (C=O) groups is 2. The molecular weight excluding hydrogens is 318 g/mol. The van der Waals surface area contributed by atoms with Crippen molar-refractivity contribution < 1.29 is 9.59 Å². The molecule has 4 rings (SSSR count). The van der Waals surface area contributed by atoms with E-state index in [1.165, 1.54) is 6.33 Å². The van der Waals surface area contributed by atoms with Crippen LogP contribution in [0.3, 0.4) is 0 Å². The number of hydrogen-bond acceptors (Lipinski definition) is 4. The van der Waals surface area contributed by atoms with Gasteiger partial charge in [0, 0.05) is 32.0 Å². The van der Waals surface area contributed by atoms with Gasteiger partial charge in [0.15, 0.2) is 0 Å². The Morgan fingerprint density at radius 3 is 2.68 bits per heavy atom. The maximum Gasteiger partial charge on any atom is 0.225 e. The van der Waals surface area contributed by atoms with Crippen molar-refractivity contribution >= 4 is 11.8 Å². The highest BCUT2D eigenvalue weighted by molar-refractivity contribution is 5.80. The molecule has 1 aliphatic carbocycles. The molecule has 0 spiro atoms. The van der Waals surface area contributed by atoms with Crippen LogP contribution < -0.4 is 0 Å². The predicted molar refractivity (Wildman–Crippen MR) is 91.3 cm³/mol. The number of likely N-dealkylation sites (tertiary alicyclic amines) is 2. The molecule has 0 radical (unpaired) electrons. The fraction of sp³-hybridized carbons (Fsp3) is 0.778. The first kappa shape index (κ1) is 16.5. The first-order valence-electron chi connectivity index (χ1n) is 9.43. The molecule has 1 aromatic heterocycles. The van der Waals surface area contributed by atoms with E-state index in [1.807, 2.05) is 4.90 Å². The van der Waals surface area contributed by atoms with Gasteiger partial charge in [0.1, 0.15) is 12.7 Å². The molecule has 1 aromatic rings. The summed E-state index contributed by atoms with van der Waals surface area (Å²) in [5.74, 6) is 1.78. The molecule has 7 nitrogen and oxygen atoms in total. The van der Waals surface area contributed by atoms with Crippen molar-refractivity contribution in [1.29, 1.82) is 0 Å². The van der Waals surface area contributed by atoms with Crippen molar-refractivity contribution in [2.24, 2.45) is 17.8 Å². The van der Waals surface area contributed by atoms with Gasteiger partial charge < -0.3 is 9.80 Å². The summed E-state index contributed by atoms with van der Waals surface area (Å²) in [6, 6.07) is 0.406. The average molecular weight is 345 g/mol. The fourth-order valence-electron chi connectivity index (χ4n) is 5.11. The van der Waals surface area contributed by atoms with E-state index < -0.39 is 0 Å². The van der Waals surface area contributed by atoms with Crippen LogP contribution in [-0.2, 0) is 16.1 Å². The molecule has 3 atom stereocenters. The molecule has 0 bridgehead atoms. The van der Waals surface area contributed by atoms with Crippen LogP contribution in [0, 0.1) is 17.8 Å². The Morgan fingerprint density at radius 1 is 1.24 bits per heavy atom. The van der Waals surface area contributed by atoms with Gasteiger partial charge in [0.2, 0.25) is 11.8 Å². The van der Waals surface area contributed by atoms with Crippen molar-refractivity contribution in [2.45, 2.75) is 58.2 Å². The molecule has 0 N–H and O–H groups in total. The number of nitrogens with zero attached hydrogens (tertiary/aromatic N) is 5. The minimum atomic E-state index is 0.130. The number of piperidine rings is 1. The molecule has 3 heterocycles. The second-order valence-corrected chi connectivity index (χ2v) is 8.11. The van der Waals surface area contributed by atoms with Crippen molar-refractivity contribution in [3.8, 4) is 0 Å². The van der Waals surface area contributed by atoms with E-state index >= 15 is 0 Å². The van der Waals surface area contributed by atoms with E-state index in [2.05, 4.69) is 21.9 Å². The lowest BCUT2D eigenvalue weighted by molar-refractivity contribution is -0.142. The lowest BCUT2D eigenvalue weighted by Crippen LogP contribution is -2.52. The molecule has 3 fully saturated rings. The molecular formula is C18H27N5O2. The van der Waals surface area contributed by atoms with Gasteiger partial charge in [-0.3, -0.25) is 14.3 Å². The number of carbonyl (C=O) groups excluding carboxylic acids is 2. The zero-order valence-electron chi connectivity index (χ0n) is 15.0. The van der Waals surface area contributed by atoms with Crippen LogP contribution in [0.2, 0.25) is 0 Å². The third kappa shape index (κ3) is 3.04. The SMILES string of the molecule is CC(=O)N1[C@H](Cn2cncn2)C[C@@H]2CN(C(=O)C3CC(C)C3)CC[C@@H]21. The van der Waals surface area contributed by atoms with E-state index in [9.17, 15) is 9.59 Å². The molecule has 0 aromatic carbocycles. The van der Waals surface area contributed by atoms with Crippen LogP contribution in [-0.4, -0.2) is 61.6 Å². The van der Waals surface area contributed by atoms with Gasteiger partial charge >= 0.3 is 0 Å². The normalized spacial score (nSPS) is 34.6. The third-order valence-corrected chi connectivity index (χ3v) is 6.28. The van der Waals surface area contributed by atoms with Crippen molar-refractivity contribution in [3.63, 3.8) is 0 Å². The lowest BCUT2D eigenvalue weighted by Gasteiger charge is -2.42. The van der Waals surface area contributed by atoms with Gasteiger partial charge in [0.05, 0.1) is 12.6 Å². The van der Waals surface area contributed by atoms with E-state index in [-0.39, 0.29) is 23.9 Å². The predicted octanol–water partition coefficient (Wildman–Crippen LogP) is 1.16. The van der Waals surface area contributed by atoms with Gasteiger partial charge in [0.25, 0.3) is 0 Å². The monoisotopic (exact) mass is 345 g/mol. The Balaban J connectivity index is 1.44. The number of aromatic nitrogens is 3. The third-order valence-electron chi connectivity index (χ3n) is 6.28. The highest BCUT2D eigenvalue weighted by Gasteiger charge is 2.47. The molecule has 0 unspecified atom stereocenters. The number of amides is 2. The molecule has 2 saturated heterocycles. The first-order chi connectivity index (χ1) is 12.0. The van der Waals surface area contributed by atoms with E-state index in [1.54, 1.807) is 17.9 Å². The topological polar surface area (TPSA) is 71.3 Å². The molecule has 25 heavy (non-hydrogen) atoms. The largest absolute Gasteiger partial charge is 0.342 e. The molecule has 7 heteroatoms. The highest BCUT2D eigenvalue weighted by Crippen LogP contribution is 2.39. The van der Waals surface area contributed by atoms with E-state index in [0.29, 0.717) is 24.3 Å². The van der Waals surface area contributed by atoms with Gasteiger partial charge in [-0.05, 0) is 37.5 Å². The summed E-state index contributed by atoms with van der Waals surface area (Å²) in [7, 11) is 0. The van der Waals surface area contributed by atoms with Crippen molar-refractivity contribution in [1.82, 2.24) is 24.6 Å². The summed E-state index contributed by atoms with van der Waals surface area (Å²) in [5, 5.41) is 4.19. The zero-order chi connectivity index (χ0) is 17.6. The molecule has 1 saturated carbocycles. The van der Waals surface area contributed by atoms with Crippen LogP contribution in [0.5, 0.6) is 0 Å². The Kier molecular flexibility index (Phi) is 4.25. The smallest absolute Gasteiger partial charge is 0.225 e. The van der Waals surface area contributed by atoms with Crippen LogP contribution in [0.15, 0.2) is 12.7 Å². The maximum atomic E-state index is 12.7. The maximum absolute atomic E-state index is 12.7. The van der Waals surface area contributed by atoms with E-state index in [0.717, 1.165) is 38.8 Å². The van der Waals surface area contributed by atoms with Gasteiger partial charge in [-0.2, -0.15) is 5.10 Å². The van der Waals surface area contributed by atoms with Crippen molar-refractivity contribution in [3.05, 3.63) is 12.7 Å². The minimum Gasteiger partial charge on any atom is -0.342 e. The van der Waals surface area contributed by atoms with Crippen LogP contribution >= 0.6 is 0 Å². The molecule has 136 valence electrons. The summed E-state index contributed by atoms with van der Waals surface area (Å²) < 4.78 is 1.80. The summed E-state index contributed by atoms with van der Waals surface area (Å²) in [6.45, 7) is 6.13. The van der Waals surface area contributed by atoms with Crippen molar-refractivity contribution in [2.75, 3.05) is 13.1 Å². The average Bonchev–Trinajstić information content (AvgIpc) is 3.17. The Morgan fingerprint density at radius 2 is 2.04 bits per heavy atom. The second kappa shape index (κ2) is 6.42. The molecule has 2 aliphatic heterocycles. The zero-order valence-corrected chi connectivity index (χ0v) is 15.0. The Bertz CT molecular complexity index is 640. The number of fused-ring (bicyclic) bond motifs is 1. The quantitative estimate of drug-likeness (QED) is 0.824. The number of hydrogen-bond donors (Lipinski definition) is 0. The summed E-state index contributed by atoms with van der Waals surface area (Å²) in [4.78, 5) is 33.0. The summed E-state index contributed by atoms with van der Waals surface area (Å²) in [6.07, 6.45) is 7.14. The van der Waals surface area contributed by atoms with Gasteiger partial charge in [-0.15, -0.1) is 0 Å². The molecule has 3 aliphatic rings. The summed E-state index contributed by atoms with van der Waals surface area (Å²) in [5.41, 5.74) is 0. The van der Waals surface area contributed by atoms with E-state index in [4.69, 9.17) is 0 Å². The van der Waals surface area contributed by atoms with Crippen LogP contribution in [0.25, 0.3) is 0 Å². The van der Waals surface area contributed by atoms with Crippen LogP contribution in [0.1, 0.15) is 39.5 Å². The van der Waals surface area contributed by atoms with Crippen LogP contribution in [0.4, 0.5) is 0 Å². The molecule has 2 amide bonds. The van der Waals surface area contributed by atoms with Gasteiger partial charge in [-0.1, -0.05) is 6.92 Å². The highest BCUT2D eigenvalue weighted by atomic mass is 16.2. The lowest BCUT2D eigenvalue weighted by atomic mass is 9.75. The number of rotatable bonds is 3. The second-order valence-electron chi connectivity index (χ2n) is 8.11. The summed E-state index contributed by atoms with van der Waals surface area (Å²) >= 11 is 0. The van der Waals surface area contributed by atoms with Gasteiger partial charge in [-0.25, -0.2) is 4.98 Å². The Hall–Kier alpha value is -1.92. The first-order valence-corrected chi connectivity index (χ1v) is 9.43.